The average Bonchev–Trinajstić information content (AvgIpc) is 3.39. The monoisotopic (exact) mass is 442 g/mol. The number of hydrogen-bond donors (Lipinski definition) is 0. The third kappa shape index (κ3) is 4.33. The van der Waals surface area contributed by atoms with E-state index in [1.807, 2.05) is 54.9 Å². The van der Waals surface area contributed by atoms with Gasteiger partial charge in [-0.15, -0.1) is 10.2 Å². The minimum absolute atomic E-state index is 0.320. The Morgan fingerprint density at radius 1 is 1.04 bits per heavy atom. The zero-order valence-corrected chi connectivity index (χ0v) is 17.1. The normalized spacial score (nSPS) is 11.1. The van der Waals surface area contributed by atoms with Gasteiger partial charge < -0.3 is 13.6 Å². The molecule has 3 aromatic heterocycles. The van der Waals surface area contributed by atoms with Gasteiger partial charge in [0.25, 0.3) is 5.89 Å². The molecule has 0 unspecified atom stereocenters. The summed E-state index contributed by atoms with van der Waals surface area (Å²) in [5, 5.41) is 12.6. The Bertz CT molecular complexity index is 1070. The van der Waals surface area contributed by atoms with E-state index in [2.05, 4.69) is 31.2 Å². The number of aryl methyl sites for hydroxylation is 4. The first-order valence-corrected chi connectivity index (χ1v) is 9.67. The molecule has 0 saturated heterocycles. The van der Waals surface area contributed by atoms with Crippen LogP contribution in [0.5, 0.6) is 5.75 Å². The van der Waals surface area contributed by atoms with Gasteiger partial charge in [-0.2, -0.15) is 5.10 Å². The number of rotatable bonds is 7. The Hall–Kier alpha value is -2.87. The maximum Gasteiger partial charge on any atom is 0.283 e. The van der Waals surface area contributed by atoms with Crippen LogP contribution in [0.1, 0.15) is 23.0 Å². The molecular formula is C20H19BrN4O3. The minimum Gasteiger partial charge on any atom is -0.486 e. The molecule has 0 saturated carbocycles. The van der Waals surface area contributed by atoms with Crippen LogP contribution in [0.25, 0.3) is 11.7 Å². The summed E-state index contributed by atoms with van der Waals surface area (Å²) in [6, 6.07) is 13.3. The van der Waals surface area contributed by atoms with Gasteiger partial charge in [0.1, 0.15) is 18.1 Å². The SMILES string of the molecule is Cc1cc(C)n(CCc2nnc(-c3ccc(COc4ccc(Br)cc4)o3)o2)n1. The number of benzene rings is 1. The molecule has 28 heavy (non-hydrogen) atoms. The summed E-state index contributed by atoms with van der Waals surface area (Å²) in [5.74, 6) is 2.88. The van der Waals surface area contributed by atoms with E-state index in [1.165, 1.54) is 0 Å². The number of halogens is 1. The van der Waals surface area contributed by atoms with Crippen LogP contribution >= 0.6 is 15.9 Å². The molecule has 0 radical (unpaired) electrons. The van der Waals surface area contributed by atoms with Gasteiger partial charge in [0.15, 0.2) is 5.76 Å². The number of hydrogen-bond acceptors (Lipinski definition) is 6. The first-order valence-electron chi connectivity index (χ1n) is 8.88. The Morgan fingerprint density at radius 2 is 1.86 bits per heavy atom. The first kappa shape index (κ1) is 18.5. The molecule has 0 aliphatic carbocycles. The molecule has 0 amide bonds. The van der Waals surface area contributed by atoms with E-state index >= 15 is 0 Å². The summed E-state index contributed by atoms with van der Waals surface area (Å²) < 4.78 is 20.1. The lowest BCUT2D eigenvalue weighted by Gasteiger charge is -2.03. The lowest BCUT2D eigenvalue weighted by Crippen LogP contribution is -2.05. The molecule has 0 spiro atoms. The topological polar surface area (TPSA) is 79.1 Å². The molecule has 8 heteroatoms. The standard InChI is InChI=1S/C20H19BrN4O3/c1-13-11-14(2)25(24-13)10-9-19-22-23-20(28-19)18-8-7-17(27-18)12-26-16-5-3-15(21)4-6-16/h3-8,11H,9-10,12H2,1-2H3. The van der Waals surface area contributed by atoms with Crippen molar-refractivity contribution in [3.63, 3.8) is 0 Å². The third-order valence-electron chi connectivity index (χ3n) is 4.17. The van der Waals surface area contributed by atoms with Gasteiger partial charge in [-0.05, 0) is 56.3 Å². The smallest absolute Gasteiger partial charge is 0.283 e. The summed E-state index contributed by atoms with van der Waals surface area (Å²) in [6.07, 6.45) is 0.606. The average molecular weight is 443 g/mol. The fraction of sp³-hybridized carbons (Fsp3) is 0.250. The Morgan fingerprint density at radius 3 is 2.61 bits per heavy atom. The number of aromatic nitrogens is 4. The van der Waals surface area contributed by atoms with Crippen molar-refractivity contribution in [3.05, 3.63) is 70.0 Å². The lowest BCUT2D eigenvalue weighted by molar-refractivity contribution is 0.271. The van der Waals surface area contributed by atoms with E-state index in [0.29, 0.717) is 42.9 Å². The number of nitrogens with zero attached hydrogens (tertiary/aromatic N) is 4. The molecular weight excluding hydrogens is 424 g/mol. The van der Waals surface area contributed by atoms with Gasteiger partial charge in [0.05, 0.1) is 5.69 Å². The van der Waals surface area contributed by atoms with Crippen molar-refractivity contribution in [2.75, 3.05) is 0 Å². The highest BCUT2D eigenvalue weighted by atomic mass is 79.9. The predicted molar refractivity (Wildman–Crippen MR) is 106 cm³/mol. The molecule has 0 N–H and O–H groups in total. The maximum absolute atomic E-state index is 5.77. The molecule has 0 aliphatic rings. The number of ether oxygens (including phenoxy) is 1. The molecule has 0 aliphatic heterocycles. The summed E-state index contributed by atoms with van der Waals surface area (Å²) in [4.78, 5) is 0. The van der Waals surface area contributed by atoms with Crippen molar-refractivity contribution in [1.29, 1.82) is 0 Å². The van der Waals surface area contributed by atoms with E-state index in [4.69, 9.17) is 13.6 Å². The molecule has 0 fully saturated rings. The number of furan rings is 1. The van der Waals surface area contributed by atoms with Crippen LogP contribution < -0.4 is 4.74 Å². The summed E-state index contributed by atoms with van der Waals surface area (Å²) in [7, 11) is 0. The second-order valence-electron chi connectivity index (χ2n) is 6.41. The minimum atomic E-state index is 0.320. The van der Waals surface area contributed by atoms with Crippen molar-refractivity contribution >= 4 is 15.9 Å². The zero-order chi connectivity index (χ0) is 19.5. The molecule has 4 rings (SSSR count). The van der Waals surface area contributed by atoms with E-state index in [-0.39, 0.29) is 0 Å². The van der Waals surface area contributed by atoms with Gasteiger partial charge in [-0.25, -0.2) is 0 Å². The van der Waals surface area contributed by atoms with Crippen LogP contribution in [-0.4, -0.2) is 20.0 Å². The maximum atomic E-state index is 5.77. The van der Waals surface area contributed by atoms with E-state index in [1.54, 1.807) is 6.07 Å². The highest BCUT2D eigenvalue weighted by Gasteiger charge is 2.14. The molecule has 0 bridgehead atoms. The predicted octanol–water partition coefficient (Wildman–Crippen LogP) is 4.73. The fourth-order valence-corrected chi connectivity index (χ4v) is 3.08. The van der Waals surface area contributed by atoms with E-state index < -0.39 is 0 Å². The van der Waals surface area contributed by atoms with E-state index in [9.17, 15) is 0 Å². The van der Waals surface area contributed by atoms with Crippen molar-refractivity contribution in [2.45, 2.75) is 33.4 Å². The van der Waals surface area contributed by atoms with Crippen LogP contribution in [-0.2, 0) is 19.6 Å². The van der Waals surface area contributed by atoms with Crippen LogP contribution in [0, 0.1) is 13.8 Å². The molecule has 144 valence electrons. The summed E-state index contributed by atoms with van der Waals surface area (Å²) >= 11 is 3.40. The van der Waals surface area contributed by atoms with Crippen LogP contribution in [0.3, 0.4) is 0 Å². The highest BCUT2D eigenvalue weighted by molar-refractivity contribution is 9.10. The second-order valence-corrected chi connectivity index (χ2v) is 7.33. The first-order chi connectivity index (χ1) is 13.6. The van der Waals surface area contributed by atoms with Crippen LogP contribution in [0.4, 0.5) is 0 Å². The van der Waals surface area contributed by atoms with Crippen molar-refractivity contribution in [1.82, 2.24) is 20.0 Å². The Labute approximate surface area is 170 Å². The van der Waals surface area contributed by atoms with Crippen LogP contribution in [0.2, 0.25) is 0 Å². The van der Waals surface area contributed by atoms with Gasteiger partial charge in [-0.3, -0.25) is 4.68 Å². The van der Waals surface area contributed by atoms with E-state index in [0.717, 1.165) is 21.6 Å². The Kier molecular flexibility index (Phi) is 5.29. The van der Waals surface area contributed by atoms with Gasteiger partial charge in [-0.1, -0.05) is 15.9 Å². The lowest BCUT2D eigenvalue weighted by atomic mass is 10.3. The molecule has 3 heterocycles. The van der Waals surface area contributed by atoms with Crippen molar-refractivity contribution < 1.29 is 13.6 Å². The fourth-order valence-electron chi connectivity index (χ4n) is 2.81. The van der Waals surface area contributed by atoms with Gasteiger partial charge >= 0.3 is 0 Å². The highest BCUT2D eigenvalue weighted by Crippen LogP contribution is 2.23. The second kappa shape index (κ2) is 8.02. The molecule has 4 aromatic rings. The zero-order valence-electron chi connectivity index (χ0n) is 15.6. The van der Waals surface area contributed by atoms with Crippen molar-refractivity contribution in [2.24, 2.45) is 0 Å². The third-order valence-corrected chi connectivity index (χ3v) is 4.70. The van der Waals surface area contributed by atoms with Gasteiger partial charge in [0.2, 0.25) is 5.89 Å². The van der Waals surface area contributed by atoms with Crippen molar-refractivity contribution in [3.8, 4) is 17.4 Å². The molecule has 7 nitrogen and oxygen atoms in total. The largest absolute Gasteiger partial charge is 0.486 e. The quantitative estimate of drug-likeness (QED) is 0.411. The van der Waals surface area contributed by atoms with Gasteiger partial charge in [0, 0.05) is 23.1 Å². The Balaban J connectivity index is 1.36. The summed E-state index contributed by atoms with van der Waals surface area (Å²) in [6.45, 7) is 5.01. The molecule has 1 aromatic carbocycles. The molecule has 0 atom stereocenters. The summed E-state index contributed by atoms with van der Waals surface area (Å²) in [5.41, 5.74) is 2.11. The van der Waals surface area contributed by atoms with Crippen LogP contribution in [0.15, 0.2) is 55.8 Å².